The van der Waals surface area contributed by atoms with E-state index in [0.717, 1.165) is 77.9 Å². The first-order valence-electron chi connectivity index (χ1n) is 12.1. The van der Waals surface area contributed by atoms with Crippen LogP contribution in [-0.2, 0) is 4.79 Å². The van der Waals surface area contributed by atoms with Gasteiger partial charge in [-0.15, -0.1) is 0 Å². The minimum absolute atomic E-state index is 0.0129. The lowest BCUT2D eigenvalue weighted by molar-refractivity contribution is -0.122. The topological polar surface area (TPSA) is 117 Å². The van der Waals surface area contributed by atoms with Crippen LogP contribution in [0, 0.1) is 0 Å². The average Bonchev–Trinajstić information content (AvgIpc) is 2.73. The lowest BCUT2D eigenvalue weighted by atomic mass is 10.1. The van der Waals surface area contributed by atoms with Crippen molar-refractivity contribution in [2.45, 2.75) is 83.6 Å². The summed E-state index contributed by atoms with van der Waals surface area (Å²) in [4.78, 5) is 12.0. The Hall–Kier alpha value is -0.730. The summed E-state index contributed by atoms with van der Waals surface area (Å²) in [6.07, 6.45) is 12.4. The summed E-state index contributed by atoms with van der Waals surface area (Å²) in [6, 6.07) is -0.376. The van der Waals surface area contributed by atoms with Crippen LogP contribution < -0.4 is 32.7 Å². The van der Waals surface area contributed by atoms with Crippen molar-refractivity contribution in [1.82, 2.24) is 21.3 Å². The van der Waals surface area contributed by atoms with E-state index in [2.05, 4.69) is 28.2 Å². The maximum atomic E-state index is 12.0. The fourth-order valence-corrected chi connectivity index (χ4v) is 3.08. The van der Waals surface area contributed by atoms with Crippen LogP contribution in [0.15, 0.2) is 0 Å². The number of carbonyl (C=O) groups excluding carboxylic acids is 1. The summed E-state index contributed by atoms with van der Waals surface area (Å²) >= 11 is 0. The lowest BCUT2D eigenvalue weighted by Crippen LogP contribution is -2.41. The summed E-state index contributed by atoms with van der Waals surface area (Å²) in [7, 11) is 0. The van der Waals surface area contributed by atoms with Crippen LogP contribution in [0.1, 0.15) is 77.6 Å². The molecule has 0 bridgehead atoms. The van der Waals surface area contributed by atoms with Crippen LogP contribution in [0.2, 0.25) is 0 Å². The quantitative estimate of drug-likeness (QED) is 0.141. The Morgan fingerprint density at radius 1 is 0.690 bits per heavy atom. The third-order valence-corrected chi connectivity index (χ3v) is 5.01. The molecule has 29 heavy (non-hydrogen) atoms. The van der Waals surface area contributed by atoms with E-state index in [-0.39, 0.29) is 11.9 Å². The van der Waals surface area contributed by atoms with E-state index in [4.69, 9.17) is 11.5 Å². The van der Waals surface area contributed by atoms with E-state index >= 15 is 0 Å². The molecular weight excluding hydrogens is 364 g/mol. The minimum Gasteiger partial charge on any atom is -0.355 e. The van der Waals surface area contributed by atoms with Gasteiger partial charge < -0.3 is 32.7 Å². The van der Waals surface area contributed by atoms with E-state index in [9.17, 15) is 4.79 Å². The zero-order valence-electron chi connectivity index (χ0n) is 19.1. The van der Waals surface area contributed by atoms with Gasteiger partial charge in [0.1, 0.15) is 0 Å². The van der Waals surface area contributed by atoms with Gasteiger partial charge in [-0.25, -0.2) is 0 Å². The first-order valence-corrected chi connectivity index (χ1v) is 12.1. The van der Waals surface area contributed by atoms with Crippen molar-refractivity contribution in [3.63, 3.8) is 0 Å². The van der Waals surface area contributed by atoms with Gasteiger partial charge in [0.05, 0.1) is 6.04 Å². The molecule has 174 valence electrons. The van der Waals surface area contributed by atoms with Gasteiger partial charge in [0.2, 0.25) is 5.91 Å². The fraction of sp³-hybridized carbons (Fsp3) is 0.955. The molecular formula is C22H50N6O. The summed E-state index contributed by atoms with van der Waals surface area (Å²) in [5.74, 6) is -0.0129. The lowest BCUT2D eigenvalue weighted by Gasteiger charge is -2.12. The van der Waals surface area contributed by atoms with Crippen molar-refractivity contribution in [2.24, 2.45) is 11.5 Å². The second-order valence-corrected chi connectivity index (χ2v) is 7.91. The maximum Gasteiger partial charge on any atom is 0.236 e. The van der Waals surface area contributed by atoms with Gasteiger partial charge in [-0.1, -0.05) is 32.6 Å². The molecule has 8 N–H and O–H groups in total. The van der Waals surface area contributed by atoms with Crippen molar-refractivity contribution in [2.75, 3.05) is 52.4 Å². The molecule has 0 rings (SSSR count). The number of unbranched alkanes of at least 4 members (excludes halogenated alkanes) is 5. The van der Waals surface area contributed by atoms with Gasteiger partial charge in [-0.2, -0.15) is 0 Å². The number of hydrogen-bond acceptors (Lipinski definition) is 6. The van der Waals surface area contributed by atoms with Crippen LogP contribution in [0.4, 0.5) is 0 Å². The zero-order valence-corrected chi connectivity index (χ0v) is 19.1. The second-order valence-electron chi connectivity index (χ2n) is 7.91. The Kier molecular flexibility index (Phi) is 23.0. The van der Waals surface area contributed by atoms with Crippen LogP contribution in [0.3, 0.4) is 0 Å². The molecule has 1 amide bonds. The van der Waals surface area contributed by atoms with Crippen LogP contribution >= 0.6 is 0 Å². The number of rotatable bonds is 23. The molecule has 0 aromatic rings. The Morgan fingerprint density at radius 2 is 1.21 bits per heavy atom. The van der Waals surface area contributed by atoms with Crippen molar-refractivity contribution in [1.29, 1.82) is 0 Å². The molecule has 7 nitrogen and oxygen atoms in total. The number of hydrogen-bond donors (Lipinski definition) is 6. The van der Waals surface area contributed by atoms with Crippen molar-refractivity contribution in [3.05, 3.63) is 0 Å². The molecule has 0 radical (unpaired) electrons. The SMILES string of the molecule is CCCCCCNCCCCC(N)C(=O)NCCCNCCCCNCCCN. The monoisotopic (exact) mass is 414 g/mol. The second kappa shape index (κ2) is 23.5. The standard InChI is InChI=1S/C22H50N6O/c1-2-3-4-6-14-25-15-7-5-12-21(24)22(29)28-20-11-19-27-17-9-8-16-26-18-10-13-23/h21,25-27H,2-20,23-24H2,1H3,(H,28,29). The molecule has 7 heteroatoms. The van der Waals surface area contributed by atoms with Gasteiger partial charge >= 0.3 is 0 Å². The summed E-state index contributed by atoms with van der Waals surface area (Å²) in [6.45, 7) is 9.84. The van der Waals surface area contributed by atoms with Crippen molar-refractivity contribution < 1.29 is 4.79 Å². The molecule has 0 saturated heterocycles. The predicted molar refractivity (Wildman–Crippen MR) is 125 cm³/mol. The molecule has 1 unspecified atom stereocenters. The first kappa shape index (κ1) is 28.3. The van der Waals surface area contributed by atoms with E-state index in [1.807, 2.05) is 0 Å². The average molecular weight is 415 g/mol. The third-order valence-electron chi connectivity index (χ3n) is 5.01. The zero-order chi connectivity index (χ0) is 21.4. The molecule has 0 aliphatic heterocycles. The Bertz CT molecular complexity index is 343. The van der Waals surface area contributed by atoms with E-state index in [1.54, 1.807) is 0 Å². The Morgan fingerprint density at radius 3 is 1.79 bits per heavy atom. The molecule has 0 aromatic carbocycles. The summed E-state index contributed by atoms with van der Waals surface area (Å²) < 4.78 is 0. The van der Waals surface area contributed by atoms with E-state index in [1.165, 1.54) is 38.5 Å². The van der Waals surface area contributed by atoms with Crippen molar-refractivity contribution in [3.8, 4) is 0 Å². The highest BCUT2D eigenvalue weighted by atomic mass is 16.2. The molecule has 0 aliphatic carbocycles. The number of nitrogens with two attached hydrogens (primary N) is 2. The third kappa shape index (κ3) is 21.8. The van der Waals surface area contributed by atoms with Crippen LogP contribution in [0.25, 0.3) is 0 Å². The first-order chi connectivity index (χ1) is 14.2. The van der Waals surface area contributed by atoms with E-state index < -0.39 is 0 Å². The fourth-order valence-electron chi connectivity index (χ4n) is 3.08. The summed E-state index contributed by atoms with van der Waals surface area (Å²) in [5, 5.41) is 13.2. The smallest absolute Gasteiger partial charge is 0.236 e. The molecule has 0 aromatic heterocycles. The van der Waals surface area contributed by atoms with Gasteiger partial charge in [-0.05, 0) is 90.8 Å². The highest BCUT2D eigenvalue weighted by molar-refractivity contribution is 5.81. The van der Waals surface area contributed by atoms with Crippen LogP contribution in [0.5, 0.6) is 0 Å². The Balaban J connectivity index is 3.30. The molecule has 1 atom stereocenters. The van der Waals surface area contributed by atoms with Gasteiger partial charge in [0.15, 0.2) is 0 Å². The molecule has 0 fully saturated rings. The maximum absolute atomic E-state index is 12.0. The van der Waals surface area contributed by atoms with Gasteiger partial charge in [0.25, 0.3) is 0 Å². The van der Waals surface area contributed by atoms with Crippen molar-refractivity contribution >= 4 is 5.91 Å². The number of nitrogens with one attached hydrogen (secondary N) is 4. The number of carbonyl (C=O) groups is 1. The van der Waals surface area contributed by atoms with Gasteiger partial charge in [0, 0.05) is 6.54 Å². The molecule has 0 heterocycles. The normalized spacial score (nSPS) is 12.2. The minimum atomic E-state index is -0.376. The van der Waals surface area contributed by atoms with Crippen LogP contribution in [-0.4, -0.2) is 64.3 Å². The highest BCUT2D eigenvalue weighted by Gasteiger charge is 2.11. The molecule has 0 saturated carbocycles. The predicted octanol–water partition coefficient (Wildman–Crippen LogP) is 1.47. The molecule has 0 aliphatic rings. The van der Waals surface area contributed by atoms with Gasteiger partial charge in [-0.3, -0.25) is 4.79 Å². The number of amides is 1. The highest BCUT2D eigenvalue weighted by Crippen LogP contribution is 2.00. The summed E-state index contributed by atoms with van der Waals surface area (Å²) in [5.41, 5.74) is 11.4. The molecule has 0 spiro atoms. The Labute approximate surface area is 179 Å². The largest absolute Gasteiger partial charge is 0.355 e. The van der Waals surface area contributed by atoms with E-state index in [0.29, 0.717) is 6.54 Å².